The third-order valence-electron chi connectivity index (χ3n) is 3.49. The van der Waals surface area contributed by atoms with Gasteiger partial charge in [-0.3, -0.25) is 0 Å². The monoisotopic (exact) mass is 278 g/mol. The van der Waals surface area contributed by atoms with Gasteiger partial charge >= 0.3 is 0 Å². The molecule has 1 aromatic carbocycles. The number of anilines is 1. The van der Waals surface area contributed by atoms with Crippen molar-refractivity contribution < 1.29 is 4.39 Å². The topological polar surface area (TPSA) is 15.3 Å². The maximum atomic E-state index is 14.2. The SMILES string of the molecule is C=CCCCN(C)c1ccc(C(C)NCCC)cc1F. The van der Waals surface area contributed by atoms with Gasteiger partial charge in [-0.15, -0.1) is 6.58 Å². The number of hydrogen-bond acceptors (Lipinski definition) is 2. The maximum Gasteiger partial charge on any atom is 0.146 e. The second-order valence-electron chi connectivity index (χ2n) is 5.24. The first kappa shape index (κ1) is 16.7. The molecule has 1 unspecified atom stereocenters. The van der Waals surface area contributed by atoms with Gasteiger partial charge in [0.25, 0.3) is 0 Å². The fraction of sp³-hybridized carbons (Fsp3) is 0.529. The number of rotatable bonds is 9. The van der Waals surface area contributed by atoms with Crippen LogP contribution in [0.5, 0.6) is 0 Å². The van der Waals surface area contributed by atoms with Crippen LogP contribution in [0.1, 0.15) is 44.7 Å². The Hall–Kier alpha value is -1.35. The Kier molecular flexibility index (Phi) is 7.31. The summed E-state index contributed by atoms with van der Waals surface area (Å²) in [4.78, 5) is 1.97. The molecular formula is C17H27FN2. The normalized spacial score (nSPS) is 12.2. The largest absolute Gasteiger partial charge is 0.372 e. The van der Waals surface area contributed by atoms with E-state index in [1.165, 1.54) is 0 Å². The highest BCUT2D eigenvalue weighted by molar-refractivity contribution is 5.48. The molecule has 0 amide bonds. The Balaban J connectivity index is 2.69. The molecule has 1 aromatic rings. The zero-order valence-electron chi connectivity index (χ0n) is 13.0. The van der Waals surface area contributed by atoms with Gasteiger partial charge in [-0.05, 0) is 50.4 Å². The van der Waals surface area contributed by atoms with E-state index in [9.17, 15) is 4.39 Å². The standard InChI is InChI=1S/C17H27FN2/c1-5-7-8-12-20(4)17-10-9-15(13-16(17)18)14(3)19-11-6-2/h5,9-10,13-14,19H,1,6-8,11-12H2,2-4H3. The van der Waals surface area contributed by atoms with E-state index in [0.29, 0.717) is 5.69 Å². The molecule has 0 saturated heterocycles. The van der Waals surface area contributed by atoms with Crippen molar-refractivity contribution in [3.05, 3.63) is 42.2 Å². The average molecular weight is 278 g/mol. The van der Waals surface area contributed by atoms with Gasteiger partial charge in [-0.1, -0.05) is 19.1 Å². The summed E-state index contributed by atoms with van der Waals surface area (Å²) in [6.45, 7) is 9.69. The van der Waals surface area contributed by atoms with E-state index in [4.69, 9.17) is 0 Å². The minimum Gasteiger partial charge on any atom is -0.372 e. The van der Waals surface area contributed by atoms with E-state index in [1.807, 2.05) is 30.2 Å². The maximum absolute atomic E-state index is 14.2. The molecule has 0 spiro atoms. The van der Waals surface area contributed by atoms with Gasteiger partial charge < -0.3 is 10.2 Å². The highest BCUT2D eigenvalue weighted by Gasteiger charge is 2.11. The minimum absolute atomic E-state index is 0.145. The second-order valence-corrected chi connectivity index (χ2v) is 5.24. The Bertz CT molecular complexity index is 417. The molecule has 0 fully saturated rings. The molecule has 0 heterocycles. The van der Waals surface area contributed by atoms with Crippen molar-refractivity contribution in [2.45, 2.75) is 39.2 Å². The Morgan fingerprint density at radius 1 is 1.45 bits per heavy atom. The summed E-state index contributed by atoms with van der Waals surface area (Å²) in [5, 5.41) is 3.38. The highest BCUT2D eigenvalue weighted by atomic mass is 19.1. The number of hydrogen-bond donors (Lipinski definition) is 1. The molecule has 0 aliphatic rings. The number of halogens is 1. The van der Waals surface area contributed by atoms with E-state index >= 15 is 0 Å². The molecule has 0 aliphatic carbocycles. The highest BCUT2D eigenvalue weighted by Crippen LogP contribution is 2.23. The number of unbranched alkanes of at least 4 members (excludes halogenated alkanes) is 1. The van der Waals surface area contributed by atoms with Crippen LogP contribution < -0.4 is 10.2 Å². The lowest BCUT2D eigenvalue weighted by molar-refractivity contribution is 0.561. The first-order chi connectivity index (χ1) is 9.60. The van der Waals surface area contributed by atoms with Crippen LogP contribution in [-0.2, 0) is 0 Å². The number of nitrogens with one attached hydrogen (secondary N) is 1. The first-order valence-electron chi connectivity index (χ1n) is 7.45. The molecule has 3 heteroatoms. The van der Waals surface area contributed by atoms with E-state index in [1.54, 1.807) is 6.07 Å². The lowest BCUT2D eigenvalue weighted by Gasteiger charge is -2.21. The molecule has 0 saturated carbocycles. The van der Waals surface area contributed by atoms with Crippen molar-refractivity contribution in [3.8, 4) is 0 Å². The van der Waals surface area contributed by atoms with Crippen LogP contribution in [-0.4, -0.2) is 20.1 Å². The Labute approximate surface area is 122 Å². The number of benzene rings is 1. The summed E-state index contributed by atoms with van der Waals surface area (Å²) in [6.07, 6.45) is 4.93. The quantitative estimate of drug-likeness (QED) is 0.535. The van der Waals surface area contributed by atoms with Crippen LogP contribution in [0.3, 0.4) is 0 Å². The molecule has 1 N–H and O–H groups in total. The summed E-state index contributed by atoms with van der Waals surface area (Å²) >= 11 is 0. The van der Waals surface area contributed by atoms with Crippen LogP contribution in [0.4, 0.5) is 10.1 Å². The fourth-order valence-corrected chi connectivity index (χ4v) is 2.17. The molecular weight excluding hydrogens is 251 g/mol. The summed E-state index contributed by atoms with van der Waals surface area (Å²) in [6, 6.07) is 5.72. The van der Waals surface area contributed by atoms with E-state index in [0.717, 1.165) is 37.9 Å². The summed E-state index contributed by atoms with van der Waals surface area (Å²) in [7, 11) is 1.93. The van der Waals surface area contributed by atoms with Crippen molar-refractivity contribution in [3.63, 3.8) is 0 Å². The molecule has 0 aliphatic heterocycles. The van der Waals surface area contributed by atoms with E-state index in [2.05, 4.69) is 25.7 Å². The molecule has 0 aromatic heterocycles. The van der Waals surface area contributed by atoms with Crippen LogP contribution in [0, 0.1) is 5.82 Å². The summed E-state index contributed by atoms with van der Waals surface area (Å²) < 4.78 is 14.2. The molecule has 0 radical (unpaired) electrons. The molecule has 2 nitrogen and oxygen atoms in total. The van der Waals surface area contributed by atoms with Gasteiger partial charge in [0, 0.05) is 19.6 Å². The van der Waals surface area contributed by atoms with Gasteiger partial charge in [-0.2, -0.15) is 0 Å². The Morgan fingerprint density at radius 2 is 2.20 bits per heavy atom. The van der Waals surface area contributed by atoms with Crippen molar-refractivity contribution in [1.29, 1.82) is 0 Å². The molecule has 112 valence electrons. The van der Waals surface area contributed by atoms with Gasteiger partial charge in [0.1, 0.15) is 5.82 Å². The predicted octanol–water partition coefficient (Wildman–Crippen LogP) is 4.29. The van der Waals surface area contributed by atoms with E-state index < -0.39 is 0 Å². The molecule has 0 bridgehead atoms. The predicted molar refractivity (Wildman–Crippen MR) is 85.8 cm³/mol. The fourth-order valence-electron chi connectivity index (χ4n) is 2.17. The number of nitrogens with zero attached hydrogens (tertiary/aromatic N) is 1. The van der Waals surface area contributed by atoms with Crippen molar-refractivity contribution in [1.82, 2.24) is 5.32 Å². The van der Waals surface area contributed by atoms with Crippen molar-refractivity contribution in [2.75, 3.05) is 25.0 Å². The molecule has 1 rings (SSSR count). The Morgan fingerprint density at radius 3 is 2.80 bits per heavy atom. The summed E-state index contributed by atoms with van der Waals surface area (Å²) in [5.74, 6) is -0.145. The van der Waals surface area contributed by atoms with Gasteiger partial charge in [0.15, 0.2) is 0 Å². The van der Waals surface area contributed by atoms with Crippen LogP contribution in [0.25, 0.3) is 0 Å². The smallest absolute Gasteiger partial charge is 0.146 e. The van der Waals surface area contributed by atoms with E-state index in [-0.39, 0.29) is 11.9 Å². The van der Waals surface area contributed by atoms with Gasteiger partial charge in [0.2, 0.25) is 0 Å². The van der Waals surface area contributed by atoms with Crippen LogP contribution >= 0.6 is 0 Å². The zero-order valence-corrected chi connectivity index (χ0v) is 13.0. The van der Waals surface area contributed by atoms with Gasteiger partial charge in [0.05, 0.1) is 5.69 Å². The number of allylic oxidation sites excluding steroid dienone is 1. The van der Waals surface area contributed by atoms with Gasteiger partial charge in [-0.25, -0.2) is 4.39 Å². The third kappa shape index (κ3) is 4.97. The lowest BCUT2D eigenvalue weighted by atomic mass is 10.1. The van der Waals surface area contributed by atoms with Crippen molar-refractivity contribution in [2.24, 2.45) is 0 Å². The zero-order chi connectivity index (χ0) is 15.0. The molecule has 1 atom stereocenters. The molecule has 20 heavy (non-hydrogen) atoms. The van der Waals surface area contributed by atoms with Crippen molar-refractivity contribution >= 4 is 5.69 Å². The summed E-state index contributed by atoms with van der Waals surface area (Å²) in [5.41, 5.74) is 1.67. The van der Waals surface area contributed by atoms with Crippen LogP contribution in [0.15, 0.2) is 30.9 Å². The third-order valence-corrected chi connectivity index (χ3v) is 3.49. The average Bonchev–Trinajstić information content (AvgIpc) is 2.44. The lowest BCUT2D eigenvalue weighted by Crippen LogP contribution is -2.21. The van der Waals surface area contributed by atoms with Crippen LogP contribution in [0.2, 0.25) is 0 Å². The second kappa shape index (κ2) is 8.75. The first-order valence-corrected chi connectivity index (χ1v) is 7.45. The minimum atomic E-state index is -0.145.